The Bertz CT molecular complexity index is 815. The predicted molar refractivity (Wildman–Crippen MR) is 97.3 cm³/mol. The molecule has 1 atom stereocenters. The van der Waals surface area contributed by atoms with Crippen LogP contribution in [0.25, 0.3) is 11.5 Å². The highest BCUT2D eigenvalue weighted by atomic mass is 19.4. The lowest BCUT2D eigenvalue weighted by atomic mass is 10.2. The van der Waals surface area contributed by atoms with Crippen molar-refractivity contribution in [2.75, 3.05) is 17.2 Å². The molecule has 27 heavy (non-hydrogen) atoms. The molecule has 2 heterocycles. The average Bonchev–Trinajstić information content (AvgIpc) is 3.53. The zero-order valence-electron chi connectivity index (χ0n) is 15.1. The highest BCUT2D eigenvalue weighted by Crippen LogP contribution is 2.34. The van der Waals surface area contributed by atoms with Crippen LogP contribution in [0.5, 0.6) is 0 Å². The molecule has 2 aliphatic carbocycles. The molecule has 2 N–H and O–H groups in total. The van der Waals surface area contributed by atoms with E-state index in [9.17, 15) is 13.2 Å². The first kappa shape index (κ1) is 18.0. The van der Waals surface area contributed by atoms with Gasteiger partial charge in [-0.1, -0.05) is 6.07 Å². The second kappa shape index (κ2) is 6.98. The summed E-state index contributed by atoms with van der Waals surface area (Å²) < 4.78 is 39.0. The van der Waals surface area contributed by atoms with Gasteiger partial charge in [0.15, 0.2) is 5.82 Å². The maximum Gasteiger partial charge on any atom is 0.433 e. The molecule has 1 unspecified atom stereocenters. The second-order valence-electron chi connectivity index (χ2n) is 7.46. The SMILES string of the molecule is CC(Nc1cc(NCC2CC2)nc(-c2cccc(C(F)(F)F)n2)n1)C1CC1. The topological polar surface area (TPSA) is 62.7 Å². The van der Waals surface area contributed by atoms with Gasteiger partial charge in [-0.2, -0.15) is 13.2 Å². The van der Waals surface area contributed by atoms with E-state index < -0.39 is 11.9 Å². The molecule has 0 amide bonds. The second-order valence-corrected chi connectivity index (χ2v) is 7.46. The lowest BCUT2D eigenvalue weighted by Crippen LogP contribution is -2.19. The van der Waals surface area contributed by atoms with E-state index in [1.54, 1.807) is 0 Å². The van der Waals surface area contributed by atoms with Gasteiger partial charge in [0.1, 0.15) is 23.0 Å². The number of hydrogen-bond acceptors (Lipinski definition) is 5. The van der Waals surface area contributed by atoms with Gasteiger partial charge in [-0.25, -0.2) is 15.0 Å². The minimum atomic E-state index is -4.50. The van der Waals surface area contributed by atoms with Crippen molar-refractivity contribution in [3.05, 3.63) is 30.0 Å². The van der Waals surface area contributed by atoms with Crippen molar-refractivity contribution in [1.29, 1.82) is 0 Å². The molecule has 0 saturated heterocycles. The fraction of sp³-hybridized carbons (Fsp3) is 0.526. The van der Waals surface area contributed by atoms with Crippen molar-refractivity contribution < 1.29 is 13.2 Å². The molecule has 2 aromatic heterocycles. The number of nitrogens with zero attached hydrogens (tertiary/aromatic N) is 3. The maximum atomic E-state index is 13.0. The van der Waals surface area contributed by atoms with Crippen molar-refractivity contribution in [3.8, 4) is 11.5 Å². The number of anilines is 2. The van der Waals surface area contributed by atoms with Crippen LogP contribution in [0.4, 0.5) is 24.8 Å². The lowest BCUT2D eigenvalue weighted by Gasteiger charge is -2.16. The molecule has 8 heteroatoms. The molecule has 2 fully saturated rings. The maximum absolute atomic E-state index is 13.0. The summed E-state index contributed by atoms with van der Waals surface area (Å²) in [7, 11) is 0. The Balaban J connectivity index is 1.63. The first-order valence-electron chi connectivity index (χ1n) is 9.32. The number of halogens is 3. The molecule has 0 radical (unpaired) electrons. The van der Waals surface area contributed by atoms with Crippen LogP contribution in [0.15, 0.2) is 24.3 Å². The highest BCUT2D eigenvalue weighted by molar-refractivity contribution is 5.58. The molecule has 2 saturated carbocycles. The number of alkyl halides is 3. The minimum Gasteiger partial charge on any atom is -0.370 e. The molecular weight excluding hydrogens is 355 g/mol. The first-order valence-corrected chi connectivity index (χ1v) is 9.32. The van der Waals surface area contributed by atoms with Crippen molar-refractivity contribution in [2.24, 2.45) is 11.8 Å². The van der Waals surface area contributed by atoms with Crippen LogP contribution in [-0.2, 0) is 6.18 Å². The zero-order valence-corrected chi connectivity index (χ0v) is 15.1. The van der Waals surface area contributed by atoms with E-state index in [0.717, 1.165) is 12.6 Å². The molecule has 144 valence electrons. The van der Waals surface area contributed by atoms with Crippen LogP contribution in [0.3, 0.4) is 0 Å². The summed E-state index contributed by atoms with van der Waals surface area (Å²) in [5, 5.41) is 6.64. The molecule has 5 nitrogen and oxygen atoms in total. The molecule has 2 aliphatic rings. The molecule has 0 aliphatic heterocycles. The van der Waals surface area contributed by atoms with Crippen LogP contribution >= 0.6 is 0 Å². The van der Waals surface area contributed by atoms with E-state index in [-0.39, 0.29) is 17.6 Å². The average molecular weight is 377 g/mol. The molecule has 2 aromatic rings. The molecule has 0 spiro atoms. The Morgan fingerprint density at radius 2 is 1.81 bits per heavy atom. The van der Waals surface area contributed by atoms with Gasteiger partial charge >= 0.3 is 6.18 Å². The molecular formula is C19H22F3N5. The van der Waals surface area contributed by atoms with E-state index in [0.29, 0.717) is 23.5 Å². The third-order valence-electron chi connectivity index (χ3n) is 4.97. The Kier molecular flexibility index (Phi) is 4.65. The van der Waals surface area contributed by atoms with Crippen LogP contribution in [0, 0.1) is 11.8 Å². The summed E-state index contributed by atoms with van der Waals surface area (Å²) >= 11 is 0. The number of nitrogens with one attached hydrogen (secondary N) is 2. The van der Waals surface area contributed by atoms with Crippen molar-refractivity contribution in [2.45, 2.75) is 44.8 Å². The van der Waals surface area contributed by atoms with Gasteiger partial charge in [-0.3, -0.25) is 0 Å². The van der Waals surface area contributed by atoms with Gasteiger partial charge in [-0.05, 0) is 56.6 Å². The third-order valence-corrected chi connectivity index (χ3v) is 4.97. The van der Waals surface area contributed by atoms with E-state index >= 15 is 0 Å². The van der Waals surface area contributed by atoms with Crippen LogP contribution in [0.1, 0.15) is 38.3 Å². The number of rotatable bonds is 7. The fourth-order valence-corrected chi connectivity index (χ4v) is 2.96. The number of pyridine rings is 1. The Morgan fingerprint density at radius 1 is 1.07 bits per heavy atom. The Labute approximate surface area is 155 Å². The largest absolute Gasteiger partial charge is 0.433 e. The van der Waals surface area contributed by atoms with Gasteiger partial charge in [0, 0.05) is 18.7 Å². The van der Waals surface area contributed by atoms with E-state index in [1.165, 1.54) is 37.8 Å². The predicted octanol–water partition coefficient (Wildman–Crippen LogP) is 4.59. The molecule has 0 aromatic carbocycles. The van der Waals surface area contributed by atoms with E-state index in [4.69, 9.17) is 0 Å². The monoisotopic (exact) mass is 377 g/mol. The van der Waals surface area contributed by atoms with Gasteiger partial charge in [0.25, 0.3) is 0 Å². The Morgan fingerprint density at radius 3 is 2.48 bits per heavy atom. The van der Waals surface area contributed by atoms with Gasteiger partial charge in [-0.15, -0.1) is 0 Å². The molecule has 0 bridgehead atoms. The smallest absolute Gasteiger partial charge is 0.370 e. The Hall–Kier alpha value is -2.38. The summed E-state index contributed by atoms with van der Waals surface area (Å²) in [5.41, 5.74) is -0.831. The summed E-state index contributed by atoms with van der Waals surface area (Å²) in [6.07, 6.45) is 0.273. The summed E-state index contributed by atoms with van der Waals surface area (Å²) in [5.74, 6) is 2.68. The fourth-order valence-electron chi connectivity index (χ4n) is 2.96. The first-order chi connectivity index (χ1) is 12.9. The van der Waals surface area contributed by atoms with E-state index in [2.05, 4.69) is 32.5 Å². The highest BCUT2D eigenvalue weighted by Gasteiger charge is 2.33. The van der Waals surface area contributed by atoms with Gasteiger partial charge < -0.3 is 10.6 Å². The number of hydrogen-bond donors (Lipinski definition) is 2. The van der Waals surface area contributed by atoms with Crippen molar-refractivity contribution >= 4 is 11.6 Å². The zero-order chi connectivity index (χ0) is 19.0. The van der Waals surface area contributed by atoms with Crippen molar-refractivity contribution in [1.82, 2.24) is 15.0 Å². The molecule has 4 rings (SSSR count). The van der Waals surface area contributed by atoms with Crippen molar-refractivity contribution in [3.63, 3.8) is 0 Å². The van der Waals surface area contributed by atoms with Crippen LogP contribution in [-0.4, -0.2) is 27.5 Å². The number of aromatic nitrogens is 3. The third kappa shape index (κ3) is 4.67. The van der Waals surface area contributed by atoms with Gasteiger partial charge in [0.2, 0.25) is 0 Å². The summed E-state index contributed by atoms with van der Waals surface area (Å²) in [4.78, 5) is 12.6. The quantitative estimate of drug-likeness (QED) is 0.739. The summed E-state index contributed by atoms with van der Waals surface area (Å²) in [6.45, 7) is 2.91. The van der Waals surface area contributed by atoms with Crippen LogP contribution in [0.2, 0.25) is 0 Å². The summed E-state index contributed by atoms with van der Waals surface area (Å²) in [6, 6.07) is 5.87. The minimum absolute atomic E-state index is 0.113. The normalized spacial score (nSPS) is 18.2. The van der Waals surface area contributed by atoms with E-state index in [1.807, 2.05) is 6.07 Å². The standard InChI is InChI=1S/C19H22F3N5/c1-11(13-7-8-13)24-17-9-16(23-10-12-5-6-12)26-18(27-17)14-3-2-4-15(25-14)19(20,21)22/h2-4,9,11-13H,5-8,10H2,1H3,(H2,23,24,26,27). The van der Waals surface area contributed by atoms with Gasteiger partial charge in [0.05, 0.1) is 0 Å². The lowest BCUT2D eigenvalue weighted by molar-refractivity contribution is -0.141. The van der Waals surface area contributed by atoms with Crippen LogP contribution < -0.4 is 10.6 Å².